The number of rotatable bonds is 10. The summed E-state index contributed by atoms with van der Waals surface area (Å²) in [6, 6.07) is -1.11. The Kier molecular flexibility index (Phi) is 18.7. The van der Waals surface area contributed by atoms with Crippen LogP contribution in [0.4, 0.5) is 4.39 Å². The fourth-order valence-electron chi connectivity index (χ4n) is 11.0. The number of ether oxygens (including phenoxy) is 6. The number of hydrogen-bond donors (Lipinski definition) is 7. The fourth-order valence-corrected chi connectivity index (χ4v) is 11.0. The number of nitrogens with zero attached hydrogens (tertiary/aromatic N) is 2. The van der Waals surface area contributed by atoms with E-state index < -0.39 is 127 Å². The molecule has 4 rings (SSSR count). The van der Waals surface area contributed by atoms with Crippen molar-refractivity contribution in [3.05, 3.63) is 0 Å². The zero-order valence-electron chi connectivity index (χ0n) is 39.6. The molecule has 0 amide bonds. The Morgan fingerprint density at radius 2 is 1.60 bits per heavy atom. The van der Waals surface area contributed by atoms with Crippen LogP contribution in [0.1, 0.15) is 114 Å². The molecular formula is C44H82BFN2O14. The zero-order chi connectivity index (χ0) is 46.8. The first kappa shape index (κ1) is 53.5. The van der Waals surface area contributed by atoms with E-state index in [0.717, 1.165) is 0 Å². The molecule has 0 aromatic heterocycles. The number of hydrogen-bond acceptors (Lipinski definition) is 16. The van der Waals surface area contributed by atoms with Crippen LogP contribution in [0.2, 0.25) is 5.82 Å². The highest BCUT2D eigenvalue weighted by Crippen LogP contribution is 2.42. The molecule has 16 nitrogen and oxygen atoms in total. The monoisotopic (exact) mass is 893 g/mol. The van der Waals surface area contributed by atoms with Crippen molar-refractivity contribution in [2.75, 3.05) is 34.3 Å². The Balaban J connectivity index is 1.77. The third-order valence-corrected chi connectivity index (χ3v) is 15.0. The summed E-state index contributed by atoms with van der Waals surface area (Å²) in [7, 11) is 3.46. The van der Waals surface area contributed by atoms with Crippen molar-refractivity contribution in [1.29, 1.82) is 0 Å². The number of aliphatic hydroxyl groups is 5. The fraction of sp³-hybridized carbons (Fsp3) is 0.977. The SMILES string of the molecule is CC[C@H]1OC(=O)[C@H](C)[C@@H](O[C@H]2C[C@@](C)(OC)[C@@H](O)[C@H](C)O2)[C@H](C)[C@@H](O[C@@H]2O[C@H](C)C[C@H](N(C)CC3CCC(F)CC3B(O)O)[C@H]2O)[C@](C)(O)C[C@@H](C)CN(C)[C@H](C)[C@@H](O)[C@]1(C)O. The number of halogens is 1. The number of alkyl halides is 1. The zero-order valence-corrected chi connectivity index (χ0v) is 39.6. The van der Waals surface area contributed by atoms with Gasteiger partial charge in [-0.15, -0.1) is 0 Å². The van der Waals surface area contributed by atoms with Crippen LogP contribution in [0.5, 0.6) is 0 Å². The van der Waals surface area contributed by atoms with Gasteiger partial charge >= 0.3 is 13.1 Å². The van der Waals surface area contributed by atoms with Gasteiger partial charge in [-0.2, -0.15) is 0 Å². The minimum absolute atomic E-state index is 0.0424. The van der Waals surface area contributed by atoms with E-state index >= 15 is 0 Å². The lowest BCUT2D eigenvalue weighted by molar-refractivity contribution is -0.318. The predicted octanol–water partition coefficient (Wildman–Crippen LogP) is 2.25. The van der Waals surface area contributed by atoms with Crippen LogP contribution >= 0.6 is 0 Å². The molecule has 0 spiro atoms. The minimum Gasteiger partial charge on any atom is -0.459 e. The van der Waals surface area contributed by atoms with Gasteiger partial charge in [0.25, 0.3) is 0 Å². The van der Waals surface area contributed by atoms with Crippen molar-refractivity contribution in [2.24, 2.45) is 23.7 Å². The number of likely N-dealkylation sites (N-methyl/N-ethyl adjacent to an activating group) is 2. The van der Waals surface area contributed by atoms with Crippen LogP contribution in [0.25, 0.3) is 0 Å². The lowest BCUT2D eigenvalue weighted by atomic mass is 9.59. The van der Waals surface area contributed by atoms with Crippen LogP contribution in [-0.2, 0) is 33.2 Å². The number of cyclic esters (lactones) is 1. The first-order valence-corrected chi connectivity index (χ1v) is 23.0. The van der Waals surface area contributed by atoms with Gasteiger partial charge in [0.15, 0.2) is 12.6 Å². The van der Waals surface area contributed by atoms with Crippen molar-refractivity contribution < 1.29 is 73.2 Å². The van der Waals surface area contributed by atoms with E-state index in [-0.39, 0.29) is 37.5 Å². The van der Waals surface area contributed by atoms with Crippen molar-refractivity contribution in [3.63, 3.8) is 0 Å². The summed E-state index contributed by atoms with van der Waals surface area (Å²) >= 11 is 0. The average Bonchev–Trinajstić information content (AvgIpc) is 3.19. The van der Waals surface area contributed by atoms with Gasteiger partial charge in [0.2, 0.25) is 0 Å². The smallest absolute Gasteiger partial charge is 0.455 e. The molecular weight excluding hydrogens is 810 g/mol. The summed E-state index contributed by atoms with van der Waals surface area (Å²) < 4.78 is 52.3. The molecule has 4 aliphatic rings. The first-order valence-electron chi connectivity index (χ1n) is 23.0. The standard InChI is InChI=1S/C44H82BFN2O14/c1-14-33-44(10,54)37(50)27(6)47(11)21-23(2)19-42(8,53)39(25(4)36(26(5)40(52)60-33)61-34-20-43(9,57-13)38(51)28(7)59-34)62-41-35(49)32(17-24(3)58-41)48(12)22-29-15-16-30(46)18-31(29)45(55)56/h23-39,41,49-51,53-56H,14-22H2,1-13H3/t23-,24-,25+,26-,27-,28+,29?,30?,31?,32+,33-,34+,35-,36+,37-,38+,39-,41+,42-,43-,44-/m1/s1. The maximum Gasteiger partial charge on any atom is 0.455 e. The van der Waals surface area contributed by atoms with E-state index in [9.17, 15) is 44.8 Å². The number of methoxy groups -OCH3 is 1. The highest BCUT2D eigenvalue weighted by atomic mass is 19.1. The van der Waals surface area contributed by atoms with Crippen LogP contribution in [0.3, 0.4) is 0 Å². The molecule has 62 heavy (non-hydrogen) atoms. The van der Waals surface area contributed by atoms with E-state index in [4.69, 9.17) is 28.4 Å². The van der Waals surface area contributed by atoms with Gasteiger partial charge in [-0.1, -0.05) is 20.8 Å². The maximum absolute atomic E-state index is 14.4. The van der Waals surface area contributed by atoms with E-state index in [2.05, 4.69) is 0 Å². The van der Waals surface area contributed by atoms with Crippen LogP contribution in [-0.4, -0.2) is 189 Å². The van der Waals surface area contributed by atoms with Gasteiger partial charge in [-0.25, -0.2) is 4.39 Å². The third kappa shape index (κ3) is 12.3. The van der Waals surface area contributed by atoms with E-state index in [1.54, 1.807) is 48.5 Å². The molecule has 1 saturated carbocycles. The molecule has 1 aliphatic carbocycles. The second kappa shape index (κ2) is 21.7. The molecule has 21 atom stereocenters. The molecule has 3 saturated heterocycles. The molecule has 4 fully saturated rings. The van der Waals surface area contributed by atoms with Gasteiger partial charge in [-0.05, 0) is 113 Å². The normalized spacial score (nSPS) is 48.6. The summed E-state index contributed by atoms with van der Waals surface area (Å²) in [5, 5.41) is 79.5. The molecule has 0 aromatic rings. The Morgan fingerprint density at radius 3 is 2.19 bits per heavy atom. The van der Waals surface area contributed by atoms with Gasteiger partial charge in [-0.3, -0.25) is 4.79 Å². The average molecular weight is 893 g/mol. The number of esters is 1. The largest absolute Gasteiger partial charge is 0.459 e. The predicted molar refractivity (Wildman–Crippen MR) is 229 cm³/mol. The molecule has 3 heterocycles. The van der Waals surface area contributed by atoms with Crippen molar-refractivity contribution in [3.8, 4) is 0 Å². The lowest BCUT2D eigenvalue weighted by Crippen LogP contribution is -2.61. The van der Waals surface area contributed by atoms with E-state index in [1.807, 2.05) is 37.7 Å². The molecule has 0 bridgehead atoms. The number of carbonyl (C=O) groups excluding carboxylic acids is 1. The molecule has 3 unspecified atom stereocenters. The Labute approximate surface area is 369 Å². The van der Waals surface area contributed by atoms with Crippen LogP contribution < -0.4 is 0 Å². The van der Waals surface area contributed by atoms with Crippen molar-refractivity contribution in [2.45, 2.75) is 216 Å². The molecule has 0 radical (unpaired) electrons. The third-order valence-electron chi connectivity index (χ3n) is 15.0. The molecule has 7 N–H and O–H groups in total. The molecule has 3 aliphatic heterocycles. The Bertz CT molecular complexity index is 1420. The van der Waals surface area contributed by atoms with Crippen molar-refractivity contribution in [1.82, 2.24) is 9.80 Å². The van der Waals surface area contributed by atoms with Crippen molar-refractivity contribution >= 4 is 13.1 Å². The lowest BCUT2D eigenvalue weighted by Gasteiger charge is -2.49. The summed E-state index contributed by atoms with van der Waals surface area (Å²) in [5.41, 5.74) is -4.59. The summed E-state index contributed by atoms with van der Waals surface area (Å²) in [5.74, 6) is -3.78. The molecule has 18 heteroatoms. The van der Waals surface area contributed by atoms with Crippen LogP contribution in [0.15, 0.2) is 0 Å². The summed E-state index contributed by atoms with van der Waals surface area (Å²) in [4.78, 5) is 18.2. The highest BCUT2D eigenvalue weighted by Gasteiger charge is 2.53. The molecule has 362 valence electrons. The second-order valence-corrected chi connectivity index (χ2v) is 20.4. The summed E-state index contributed by atoms with van der Waals surface area (Å²) in [6.45, 7) is 18.0. The van der Waals surface area contributed by atoms with Crippen LogP contribution in [0, 0.1) is 23.7 Å². The highest BCUT2D eigenvalue weighted by molar-refractivity contribution is 6.43. The first-order chi connectivity index (χ1) is 28.7. The second-order valence-electron chi connectivity index (χ2n) is 20.4. The van der Waals surface area contributed by atoms with Gasteiger partial charge in [0.1, 0.15) is 30.0 Å². The number of carbonyl (C=O) groups is 1. The van der Waals surface area contributed by atoms with Gasteiger partial charge < -0.3 is 73.8 Å². The quantitative estimate of drug-likeness (QED) is 0.124. The van der Waals surface area contributed by atoms with Gasteiger partial charge in [0.05, 0.1) is 47.7 Å². The Morgan fingerprint density at radius 1 is 0.952 bits per heavy atom. The minimum atomic E-state index is -1.85. The van der Waals surface area contributed by atoms with Gasteiger partial charge in [0, 0.05) is 50.4 Å². The maximum atomic E-state index is 14.4. The van der Waals surface area contributed by atoms with E-state index in [1.165, 1.54) is 14.0 Å². The number of aliphatic hydroxyl groups excluding tert-OH is 3. The van der Waals surface area contributed by atoms with E-state index in [0.29, 0.717) is 32.4 Å². The summed E-state index contributed by atoms with van der Waals surface area (Å²) in [6.07, 6.45) is -9.85. The topological polar surface area (TPSA) is 221 Å². The Hall–Kier alpha value is -1.10. The molecule has 0 aromatic carbocycles.